The minimum absolute atomic E-state index is 0.0356. The van der Waals surface area contributed by atoms with E-state index in [9.17, 15) is 15.2 Å². The molecule has 21 heavy (non-hydrogen) atoms. The van der Waals surface area contributed by atoms with Crippen LogP contribution in [0.4, 0.5) is 10.7 Å². The van der Waals surface area contributed by atoms with Crippen molar-refractivity contribution in [1.82, 2.24) is 0 Å². The second kappa shape index (κ2) is 6.55. The maximum Gasteiger partial charge on any atom is 0.304 e. The molecule has 0 bridgehead atoms. The summed E-state index contributed by atoms with van der Waals surface area (Å²) in [7, 11) is 1.81. The number of nitro groups is 1. The van der Waals surface area contributed by atoms with Crippen LogP contribution in [0.1, 0.15) is 23.5 Å². The fourth-order valence-corrected chi connectivity index (χ4v) is 3.45. The second-order valence-electron chi connectivity index (χ2n) is 4.76. The number of thiophene rings is 1. The summed E-state index contributed by atoms with van der Waals surface area (Å²) in [6.45, 7) is 2.16. The summed E-state index contributed by atoms with van der Waals surface area (Å²) in [6, 6.07) is 9.25. The van der Waals surface area contributed by atoms with Crippen LogP contribution < -0.4 is 4.90 Å². The molecule has 112 valence electrons. The van der Waals surface area contributed by atoms with E-state index in [4.69, 9.17) is 0 Å². The quantitative estimate of drug-likeness (QED) is 0.635. The van der Waals surface area contributed by atoms with Gasteiger partial charge >= 0.3 is 5.69 Å². The lowest BCUT2D eigenvalue weighted by molar-refractivity contribution is -0.383. The Labute approximate surface area is 135 Å². The van der Waals surface area contributed by atoms with Gasteiger partial charge in [0.25, 0.3) is 0 Å². The van der Waals surface area contributed by atoms with E-state index in [1.807, 2.05) is 36.2 Å². The minimum atomic E-state index is -0.707. The average Bonchev–Trinajstić information content (AvgIpc) is 2.84. The van der Waals surface area contributed by atoms with Gasteiger partial charge in [0, 0.05) is 29.0 Å². The van der Waals surface area contributed by atoms with Gasteiger partial charge in [0.15, 0.2) is 5.00 Å². The fourth-order valence-electron chi connectivity index (χ4n) is 1.98. The van der Waals surface area contributed by atoms with Crippen molar-refractivity contribution < 1.29 is 10.0 Å². The van der Waals surface area contributed by atoms with Gasteiger partial charge < -0.3 is 10.0 Å². The maximum absolute atomic E-state index is 11.2. The molecule has 0 radical (unpaired) electrons. The Morgan fingerprint density at radius 1 is 1.48 bits per heavy atom. The van der Waals surface area contributed by atoms with E-state index in [1.54, 1.807) is 6.92 Å². The summed E-state index contributed by atoms with van der Waals surface area (Å²) in [6.07, 6.45) is -0.707. The summed E-state index contributed by atoms with van der Waals surface area (Å²) >= 11 is 4.66. The van der Waals surface area contributed by atoms with Crippen LogP contribution in [-0.2, 0) is 6.54 Å². The van der Waals surface area contributed by atoms with E-state index < -0.39 is 11.0 Å². The standard InChI is InChI=1S/C14H15BrN2O3S/c1-9(18)13-7-12(17(19)20)14(21-13)16(2)8-10-4-3-5-11(15)6-10/h3-7,9,18H,8H2,1-2H3/t9-/m0/s1. The van der Waals surface area contributed by atoms with E-state index in [2.05, 4.69) is 15.9 Å². The molecular formula is C14H15BrN2O3S. The van der Waals surface area contributed by atoms with Crippen LogP contribution in [0.5, 0.6) is 0 Å². The third-order valence-electron chi connectivity index (χ3n) is 2.98. The molecule has 0 fully saturated rings. The van der Waals surface area contributed by atoms with E-state index in [0.717, 1.165) is 10.0 Å². The van der Waals surface area contributed by atoms with Crippen LogP contribution >= 0.6 is 27.3 Å². The summed E-state index contributed by atoms with van der Waals surface area (Å²) in [4.78, 5) is 13.2. The van der Waals surface area contributed by atoms with E-state index in [1.165, 1.54) is 17.4 Å². The molecule has 0 aliphatic heterocycles. The van der Waals surface area contributed by atoms with Crippen LogP contribution in [0, 0.1) is 10.1 Å². The molecule has 1 N–H and O–H groups in total. The average molecular weight is 371 g/mol. The molecule has 0 saturated carbocycles. The molecule has 0 saturated heterocycles. The number of benzene rings is 1. The maximum atomic E-state index is 11.2. The van der Waals surface area contributed by atoms with Gasteiger partial charge in [0.05, 0.1) is 11.0 Å². The molecule has 1 aromatic carbocycles. The molecule has 0 aliphatic rings. The Balaban J connectivity index is 2.29. The molecule has 2 rings (SSSR count). The lowest BCUT2D eigenvalue weighted by Gasteiger charge is -2.17. The van der Waals surface area contributed by atoms with Crippen molar-refractivity contribution in [2.24, 2.45) is 0 Å². The minimum Gasteiger partial charge on any atom is -0.388 e. The van der Waals surface area contributed by atoms with Gasteiger partial charge in [0.2, 0.25) is 0 Å². The monoisotopic (exact) mass is 370 g/mol. The number of nitrogens with zero attached hydrogens (tertiary/aromatic N) is 2. The van der Waals surface area contributed by atoms with Gasteiger partial charge in [-0.3, -0.25) is 10.1 Å². The van der Waals surface area contributed by atoms with Crippen molar-refractivity contribution >= 4 is 38.0 Å². The summed E-state index contributed by atoms with van der Waals surface area (Å²) < 4.78 is 0.971. The Hall–Kier alpha value is -1.44. The molecule has 0 unspecified atom stereocenters. The summed E-state index contributed by atoms with van der Waals surface area (Å²) in [5, 5.41) is 21.3. The lowest BCUT2D eigenvalue weighted by atomic mass is 10.2. The zero-order valence-electron chi connectivity index (χ0n) is 11.6. The van der Waals surface area contributed by atoms with Gasteiger partial charge in [-0.25, -0.2) is 0 Å². The number of hydrogen-bond acceptors (Lipinski definition) is 5. The van der Waals surface area contributed by atoms with Gasteiger partial charge in [-0.1, -0.05) is 28.1 Å². The van der Waals surface area contributed by atoms with Crippen LogP contribution in [-0.4, -0.2) is 17.1 Å². The van der Waals surface area contributed by atoms with Crippen LogP contribution in [0.25, 0.3) is 0 Å². The Morgan fingerprint density at radius 3 is 2.76 bits per heavy atom. The van der Waals surface area contributed by atoms with Crippen molar-refractivity contribution in [2.75, 3.05) is 11.9 Å². The molecule has 5 nitrogen and oxygen atoms in total. The first-order chi connectivity index (χ1) is 9.88. The third-order valence-corrected chi connectivity index (χ3v) is 4.88. The number of anilines is 1. The molecule has 1 aromatic heterocycles. The molecule has 1 atom stereocenters. The van der Waals surface area contributed by atoms with Crippen molar-refractivity contribution in [3.63, 3.8) is 0 Å². The molecular weight excluding hydrogens is 356 g/mol. The van der Waals surface area contributed by atoms with Crippen LogP contribution in [0.3, 0.4) is 0 Å². The highest BCUT2D eigenvalue weighted by atomic mass is 79.9. The smallest absolute Gasteiger partial charge is 0.304 e. The van der Waals surface area contributed by atoms with Gasteiger partial charge in [-0.05, 0) is 24.6 Å². The highest BCUT2D eigenvalue weighted by molar-refractivity contribution is 9.10. The van der Waals surface area contributed by atoms with Gasteiger partial charge in [0.1, 0.15) is 0 Å². The number of aliphatic hydroxyl groups is 1. The molecule has 2 aromatic rings. The first kappa shape index (κ1) is 15.9. The van der Waals surface area contributed by atoms with Crippen LogP contribution in [0.2, 0.25) is 0 Å². The topological polar surface area (TPSA) is 66.6 Å². The van der Waals surface area contributed by atoms with Gasteiger partial charge in [-0.2, -0.15) is 0 Å². The number of hydrogen-bond donors (Lipinski definition) is 1. The predicted octanol–water partition coefficient (Wildman–Crippen LogP) is 4.11. The Kier molecular flexibility index (Phi) is 4.97. The predicted molar refractivity (Wildman–Crippen MR) is 87.9 cm³/mol. The van der Waals surface area contributed by atoms with Crippen molar-refractivity contribution in [1.29, 1.82) is 0 Å². The highest BCUT2D eigenvalue weighted by Gasteiger charge is 2.23. The zero-order valence-corrected chi connectivity index (χ0v) is 14.0. The molecule has 0 spiro atoms. The Bertz CT molecular complexity index is 657. The molecule has 7 heteroatoms. The number of halogens is 1. The summed E-state index contributed by atoms with van der Waals surface area (Å²) in [5.41, 5.74) is 1.08. The molecule has 0 amide bonds. The number of aliphatic hydroxyl groups excluding tert-OH is 1. The first-order valence-corrected chi connectivity index (χ1v) is 7.91. The van der Waals surface area contributed by atoms with Crippen molar-refractivity contribution in [3.05, 3.63) is 55.4 Å². The largest absolute Gasteiger partial charge is 0.388 e. The van der Waals surface area contributed by atoms with Crippen molar-refractivity contribution in [3.8, 4) is 0 Å². The van der Waals surface area contributed by atoms with E-state index >= 15 is 0 Å². The number of rotatable bonds is 5. The van der Waals surface area contributed by atoms with Crippen LogP contribution in [0.15, 0.2) is 34.8 Å². The van der Waals surface area contributed by atoms with Crippen molar-refractivity contribution in [2.45, 2.75) is 19.6 Å². The van der Waals surface area contributed by atoms with E-state index in [-0.39, 0.29) is 5.69 Å². The third kappa shape index (κ3) is 3.81. The van der Waals surface area contributed by atoms with Gasteiger partial charge in [-0.15, -0.1) is 11.3 Å². The highest BCUT2D eigenvalue weighted by Crippen LogP contribution is 2.40. The zero-order chi connectivity index (χ0) is 15.6. The normalized spacial score (nSPS) is 12.2. The fraction of sp³-hybridized carbons (Fsp3) is 0.286. The molecule has 1 heterocycles. The SMILES string of the molecule is C[C@H](O)c1cc([N+](=O)[O-])c(N(C)Cc2cccc(Br)c2)s1. The second-order valence-corrected chi connectivity index (χ2v) is 6.74. The Morgan fingerprint density at radius 2 is 2.19 bits per heavy atom. The lowest BCUT2D eigenvalue weighted by Crippen LogP contribution is -2.16. The summed E-state index contributed by atoms with van der Waals surface area (Å²) in [5.74, 6) is 0. The first-order valence-electron chi connectivity index (χ1n) is 6.30. The molecule has 0 aliphatic carbocycles. The van der Waals surface area contributed by atoms with E-state index in [0.29, 0.717) is 16.4 Å².